The maximum atomic E-state index is 12.4. The molecular weight excluding hydrogens is 205 g/mol. The molecule has 3 N–H and O–H groups in total. The predicted molar refractivity (Wildman–Crippen MR) is 53.5 cm³/mol. The molecule has 5 heteroatoms. The molecule has 15 heavy (non-hydrogen) atoms. The van der Waals surface area contributed by atoms with Gasteiger partial charge in [0.05, 0.1) is 5.56 Å². The second kappa shape index (κ2) is 4.53. The van der Waals surface area contributed by atoms with Gasteiger partial charge in [-0.3, -0.25) is 0 Å². The van der Waals surface area contributed by atoms with Gasteiger partial charge in [-0.15, -0.1) is 0 Å². The number of nitrogens with two attached hydrogens (primary N) is 1. The van der Waals surface area contributed by atoms with E-state index in [1.54, 1.807) is 7.05 Å². The fourth-order valence-electron chi connectivity index (χ4n) is 1.26. The standard InChI is InChI=1S/C10H13F3N2/c1-15-5-4-7-6-8(10(11,12)13)2-3-9(7)14/h2-3,6,15H,4-5,14H2,1H3. The average Bonchev–Trinajstić information content (AvgIpc) is 2.15. The summed E-state index contributed by atoms with van der Waals surface area (Å²) in [5, 5.41) is 2.86. The van der Waals surface area contributed by atoms with Crippen molar-refractivity contribution >= 4 is 5.69 Å². The predicted octanol–water partition coefficient (Wildman–Crippen LogP) is 2.05. The summed E-state index contributed by atoms with van der Waals surface area (Å²) in [5.41, 5.74) is 5.86. The normalized spacial score (nSPS) is 11.7. The number of benzene rings is 1. The monoisotopic (exact) mass is 218 g/mol. The van der Waals surface area contributed by atoms with Crippen LogP contribution in [0.1, 0.15) is 11.1 Å². The lowest BCUT2D eigenvalue weighted by Crippen LogP contribution is -2.13. The molecule has 1 aromatic rings. The van der Waals surface area contributed by atoms with Crippen molar-refractivity contribution in [1.82, 2.24) is 5.32 Å². The number of nitrogens with one attached hydrogen (secondary N) is 1. The van der Waals surface area contributed by atoms with Crippen molar-refractivity contribution in [3.63, 3.8) is 0 Å². The van der Waals surface area contributed by atoms with E-state index in [0.29, 0.717) is 24.2 Å². The minimum atomic E-state index is -4.30. The van der Waals surface area contributed by atoms with Crippen LogP contribution in [0.4, 0.5) is 18.9 Å². The van der Waals surface area contributed by atoms with E-state index in [1.807, 2.05) is 0 Å². The zero-order chi connectivity index (χ0) is 11.5. The topological polar surface area (TPSA) is 38.0 Å². The van der Waals surface area contributed by atoms with Crippen LogP contribution in [-0.4, -0.2) is 13.6 Å². The highest BCUT2D eigenvalue weighted by Crippen LogP contribution is 2.31. The molecular formula is C10H13F3N2. The van der Waals surface area contributed by atoms with Gasteiger partial charge in [0.25, 0.3) is 0 Å². The van der Waals surface area contributed by atoms with Gasteiger partial charge in [0.15, 0.2) is 0 Å². The Balaban J connectivity index is 2.95. The number of alkyl halides is 3. The quantitative estimate of drug-likeness (QED) is 0.762. The third-order valence-electron chi connectivity index (χ3n) is 2.11. The van der Waals surface area contributed by atoms with Crippen molar-refractivity contribution in [3.05, 3.63) is 29.3 Å². The number of hydrogen-bond donors (Lipinski definition) is 2. The number of likely N-dealkylation sites (N-methyl/N-ethyl adjacent to an activating group) is 1. The highest BCUT2D eigenvalue weighted by atomic mass is 19.4. The average molecular weight is 218 g/mol. The molecule has 0 aliphatic heterocycles. The first-order valence-electron chi connectivity index (χ1n) is 4.55. The van der Waals surface area contributed by atoms with Gasteiger partial charge in [-0.1, -0.05) is 0 Å². The van der Waals surface area contributed by atoms with E-state index >= 15 is 0 Å². The molecule has 0 heterocycles. The van der Waals surface area contributed by atoms with Crippen molar-refractivity contribution in [3.8, 4) is 0 Å². The van der Waals surface area contributed by atoms with Crippen LogP contribution in [0.3, 0.4) is 0 Å². The highest BCUT2D eigenvalue weighted by Gasteiger charge is 2.30. The van der Waals surface area contributed by atoms with Crippen LogP contribution in [0.2, 0.25) is 0 Å². The van der Waals surface area contributed by atoms with Gasteiger partial charge in [-0.25, -0.2) is 0 Å². The third-order valence-corrected chi connectivity index (χ3v) is 2.11. The molecule has 1 rings (SSSR count). The Kier molecular flexibility index (Phi) is 3.57. The summed E-state index contributed by atoms with van der Waals surface area (Å²) in [6, 6.07) is 3.40. The Labute approximate surface area is 86.3 Å². The van der Waals surface area contributed by atoms with Crippen LogP contribution >= 0.6 is 0 Å². The molecule has 0 spiro atoms. The van der Waals surface area contributed by atoms with Crippen LogP contribution < -0.4 is 11.1 Å². The fraction of sp³-hybridized carbons (Fsp3) is 0.400. The summed E-state index contributed by atoms with van der Waals surface area (Å²) in [5.74, 6) is 0. The zero-order valence-electron chi connectivity index (χ0n) is 8.36. The zero-order valence-corrected chi connectivity index (χ0v) is 8.36. The molecule has 0 aliphatic rings. The second-order valence-electron chi connectivity index (χ2n) is 3.26. The third kappa shape index (κ3) is 3.13. The molecule has 0 fully saturated rings. The molecule has 2 nitrogen and oxygen atoms in total. The number of nitrogen functional groups attached to an aromatic ring is 1. The van der Waals surface area contributed by atoms with Crippen LogP contribution in [0, 0.1) is 0 Å². The van der Waals surface area contributed by atoms with E-state index in [2.05, 4.69) is 5.32 Å². The van der Waals surface area contributed by atoms with E-state index < -0.39 is 11.7 Å². The molecule has 0 aromatic heterocycles. The summed E-state index contributed by atoms with van der Waals surface area (Å²) < 4.78 is 37.1. The number of halogens is 3. The molecule has 0 radical (unpaired) electrons. The molecule has 1 aromatic carbocycles. The Morgan fingerprint density at radius 3 is 2.53 bits per heavy atom. The maximum absolute atomic E-state index is 12.4. The largest absolute Gasteiger partial charge is 0.416 e. The number of rotatable bonds is 3. The van der Waals surface area contributed by atoms with Crippen LogP contribution in [0.25, 0.3) is 0 Å². The van der Waals surface area contributed by atoms with E-state index in [1.165, 1.54) is 6.07 Å². The van der Waals surface area contributed by atoms with Crippen molar-refractivity contribution < 1.29 is 13.2 Å². The molecule has 0 atom stereocenters. The Bertz CT molecular complexity index is 334. The van der Waals surface area contributed by atoms with Gasteiger partial charge in [-0.05, 0) is 43.8 Å². The summed E-state index contributed by atoms with van der Waals surface area (Å²) in [7, 11) is 1.74. The Hall–Kier alpha value is -1.23. The van der Waals surface area contributed by atoms with Gasteiger partial charge in [0, 0.05) is 5.69 Å². The van der Waals surface area contributed by atoms with E-state index in [0.717, 1.165) is 12.1 Å². The van der Waals surface area contributed by atoms with E-state index in [9.17, 15) is 13.2 Å². The maximum Gasteiger partial charge on any atom is 0.416 e. The van der Waals surface area contributed by atoms with Gasteiger partial charge in [-0.2, -0.15) is 13.2 Å². The molecule has 84 valence electrons. The second-order valence-corrected chi connectivity index (χ2v) is 3.26. The lowest BCUT2D eigenvalue weighted by molar-refractivity contribution is -0.137. The lowest BCUT2D eigenvalue weighted by Gasteiger charge is -2.10. The van der Waals surface area contributed by atoms with E-state index in [-0.39, 0.29) is 0 Å². The fourth-order valence-corrected chi connectivity index (χ4v) is 1.26. The highest BCUT2D eigenvalue weighted by molar-refractivity contribution is 5.49. The SMILES string of the molecule is CNCCc1cc(C(F)(F)F)ccc1N. The van der Waals surface area contributed by atoms with Crippen LogP contribution in [0.15, 0.2) is 18.2 Å². The molecule has 0 saturated heterocycles. The smallest absolute Gasteiger partial charge is 0.399 e. The van der Waals surface area contributed by atoms with Crippen LogP contribution in [0.5, 0.6) is 0 Å². The van der Waals surface area contributed by atoms with Gasteiger partial charge in [0.1, 0.15) is 0 Å². The molecule has 0 saturated carbocycles. The first kappa shape index (κ1) is 11.8. The van der Waals surface area contributed by atoms with Crippen molar-refractivity contribution in [2.45, 2.75) is 12.6 Å². The van der Waals surface area contributed by atoms with Gasteiger partial charge in [0.2, 0.25) is 0 Å². The summed E-state index contributed by atoms with van der Waals surface area (Å²) >= 11 is 0. The minimum absolute atomic E-state index is 0.401. The molecule has 0 bridgehead atoms. The summed E-state index contributed by atoms with van der Waals surface area (Å²) in [4.78, 5) is 0. The number of anilines is 1. The number of hydrogen-bond acceptors (Lipinski definition) is 2. The van der Waals surface area contributed by atoms with Crippen molar-refractivity contribution in [1.29, 1.82) is 0 Å². The minimum Gasteiger partial charge on any atom is -0.399 e. The first-order valence-corrected chi connectivity index (χ1v) is 4.55. The van der Waals surface area contributed by atoms with Crippen LogP contribution in [-0.2, 0) is 12.6 Å². The summed E-state index contributed by atoms with van der Waals surface area (Å²) in [6.07, 6.45) is -3.81. The molecule has 0 aliphatic carbocycles. The lowest BCUT2D eigenvalue weighted by atomic mass is 10.1. The van der Waals surface area contributed by atoms with Gasteiger partial charge >= 0.3 is 6.18 Å². The Morgan fingerprint density at radius 2 is 2.00 bits per heavy atom. The van der Waals surface area contributed by atoms with Crippen molar-refractivity contribution in [2.75, 3.05) is 19.3 Å². The molecule has 0 unspecified atom stereocenters. The van der Waals surface area contributed by atoms with Gasteiger partial charge < -0.3 is 11.1 Å². The first-order chi connectivity index (χ1) is 6.95. The Morgan fingerprint density at radius 1 is 1.33 bits per heavy atom. The molecule has 0 amide bonds. The van der Waals surface area contributed by atoms with E-state index in [4.69, 9.17) is 5.73 Å². The van der Waals surface area contributed by atoms with Crippen molar-refractivity contribution in [2.24, 2.45) is 0 Å². The summed E-state index contributed by atoms with van der Waals surface area (Å²) in [6.45, 7) is 0.603.